The van der Waals surface area contributed by atoms with Gasteiger partial charge >= 0.3 is 0 Å². The number of hydrogen-bond donors (Lipinski definition) is 3. The van der Waals surface area contributed by atoms with Crippen LogP contribution in [0.3, 0.4) is 0 Å². The molecule has 6 rings (SSSR count). The van der Waals surface area contributed by atoms with Crippen LogP contribution in [0, 0.1) is 40.3 Å². The maximum atomic E-state index is 14.2. The van der Waals surface area contributed by atoms with Crippen molar-refractivity contribution >= 4 is 11.7 Å². The second-order valence-electron chi connectivity index (χ2n) is 11.3. The van der Waals surface area contributed by atoms with E-state index in [0.717, 1.165) is 17.6 Å². The van der Waals surface area contributed by atoms with Crippen LogP contribution in [0.5, 0.6) is 0 Å². The number of allylic oxidation sites excluding steroid dienone is 1. The third-order valence-electron chi connectivity index (χ3n) is 9.86. The van der Waals surface area contributed by atoms with Crippen molar-refractivity contribution in [3.63, 3.8) is 0 Å². The summed E-state index contributed by atoms with van der Waals surface area (Å²) in [5.74, 6) is -1.75. The van der Waals surface area contributed by atoms with Crippen molar-refractivity contribution in [1.82, 2.24) is 5.32 Å². The van der Waals surface area contributed by atoms with Gasteiger partial charge in [0.1, 0.15) is 11.6 Å². The van der Waals surface area contributed by atoms with Crippen LogP contribution in [0.25, 0.3) is 0 Å². The zero-order valence-electron chi connectivity index (χ0n) is 18.8. The number of nitrogens with one attached hydrogen (secondary N) is 1. The monoisotopic (exact) mass is 451 g/mol. The minimum atomic E-state index is -1.02. The molecule has 4 bridgehead atoms. The standard InChI is InChI=1S/C27H30FNO4/c1-14-11-26-13-27(14,33)8-7-18(26)17-9-16-10-20(30)25(2,23(16)31)21(17)22(26)24(32)29-12-15-5-3-4-6-19(15)28/h3-6,9,16,18,21-23,31,33H,1,7-8,10-13H2,2H3,(H,29,32)/t16-,18-,21+,22+,23-,25-,26-,27-/m0/s1. The third-order valence-corrected chi connectivity index (χ3v) is 9.86. The van der Waals surface area contributed by atoms with Crippen LogP contribution in [-0.4, -0.2) is 33.6 Å². The smallest absolute Gasteiger partial charge is 0.224 e. The van der Waals surface area contributed by atoms with Crippen molar-refractivity contribution in [3.8, 4) is 0 Å². The van der Waals surface area contributed by atoms with Gasteiger partial charge in [-0.3, -0.25) is 9.59 Å². The summed E-state index contributed by atoms with van der Waals surface area (Å²) in [6, 6.07) is 6.35. The molecule has 3 N–H and O–H groups in total. The molecule has 174 valence electrons. The molecule has 1 spiro atoms. The average molecular weight is 452 g/mol. The predicted molar refractivity (Wildman–Crippen MR) is 119 cm³/mol. The van der Waals surface area contributed by atoms with E-state index < -0.39 is 34.4 Å². The Morgan fingerprint density at radius 2 is 2.09 bits per heavy atom. The van der Waals surface area contributed by atoms with Gasteiger partial charge in [0, 0.05) is 30.4 Å². The van der Waals surface area contributed by atoms with Gasteiger partial charge in [0.05, 0.1) is 23.0 Å². The van der Waals surface area contributed by atoms with Crippen molar-refractivity contribution in [2.75, 3.05) is 0 Å². The normalized spacial score (nSPS) is 45.0. The lowest BCUT2D eigenvalue weighted by Crippen LogP contribution is -2.51. The molecule has 8 atom stereocenters. The number of aliphatic hydroxyl groups is 2. The predicted octanol–water partition coefficient (Wildman–Crippen LogP) is 3.06. The highest BCUT2D eigenvalue weighted by Crippen LogP contribution is 2.74. The molecule has 0 aromatic heterocycles. The molecule has 5 aliphatic rings. The van der Waals surface area contributed by atoms with Crippen LogP contribution >= 0.6 is 0 Å². The molecule has 0 aliphatic heterocycles. The number of hydrogen-bond acceptors (Lipinski definition) is 4. The number of rotatable bonds is 3. The number of amides is 1. The minimum absolute atomic E-state index is 0.00489. The fraction of sp³-hybridized carbons (Fsp3) is 0.556. The summed E-state index contributed by atoms with van der Waals surface area (Å²) in [7, 11) is 0. The average Bonchev–Trinajstić information content (AvgIpc) is 3.21. The summed E-state index contributed by atoms with van der Waals surface area (Å²) >= 11 is 0. The SMILES string of the molecule is C=C1C[C@]23C[C@@]1(O)CC[C@H]2C1=C[C@H]2CC(=O)[C@@](C)([C@H]1[C@@H]3C(=O)NCc1ccccc1F)[C@H]2O. The number of fused-ring (bicyclic) bond motifs is 6. The second kappa shape index (κ2) is 6.63. The van der Waals surface area contributed by atoms with E-state index in [1.165, 1.54) is 6.07 Å². The van der Waals surface area contributed by atoms with Gasteiger partial charge < -0.3 is 15.5 Å². The van der Waals surface area contributed by atoms with Gasteiger partial charge in [-0.05, 0) is 55.6 Å². The first-order valence-electron chi connectivity index (χ1n) is 12.0. The number of carbonyl (C=O) groups is 2. The van der Waals surface area contributed by atoms with Crippen molar-refractivity contribution in [2.24, 2.45) is 34.5 Å². The molecule has 5 aliphatic carbocycles. The molecule has 1 aromatic carbocycles. The Bertz CT molecular complexity index is 1130. The molecule has 0 unspecified atom stereocenters. The van der Waals surface area contributed by atoms with Gasteiger partial charge in [-0.25, -0.2) is 4.39 Å². The van der Waals surface area contributed by atoms with Crippen molar-refractivity contribution in [3.05, 3.63) is 59.4 Å². The number of carbonyl (C=O) groups excluding carboxylic acids is 2. The Balaban J connectivity index is 1.44. The first-order chi connectivity index (χ1) is 15.6. The van der Waals surface area contributed by atoms with E-state index in [1.54, 1.807) is 18.2 Å². The van der Waals surface area contributed by atoms with Crippen LogP contribution < -0.4 is 5.32 Å². The van der Waals surface area contributed by atoms with E-state index in [-0.39, 0.29) is 35.9 Å². The topological polar surface area (TPSA) is 86.6 Å². The number of ketones is 1. The zero-order chi connectivity index (χ0) is 23.3. The van der Waals surface area contributed by atoms with Gasteiger partial charge in [0.2, 0.25) is 5.91 Å². The highest BCUT2D eigenvalue weighted by atomic mass is 19.1. The lowest BCUT2D eigenvalue weighted by Gasteiger charge is -2.43. The molecule has 4 saturated carbocycles. The Morgan fingerprint density at radius 3 is 2.85 bits per heavy atom. The van der Waals surface area contributed by atoms with Gasteiger partial charge in [-0.15, -0.1) is 0 Å². The number of Topliss-reactive ketones (excluding diaryl/α,β-unsaturated/α-hetero) is 1. The van der Waals surface area contributed by atoms with E-state index >= 15 is 0 Å². The first kappa shape index (κ1) is 21.2. The number of halogens is 1. The van der Waals surface area contributed by atoms with E-state index in [9.17, 15) is 24.2 Å². The Labute approximate surface area is 192 Å². The van der Waals surface area contributed by atoms with E-state index in [1.807, 2.05) is 6.92 Å². The van der Waals surface area contributed by atoms with Crippen LogP contribution in [-0.2, 0) is 16.1 Å². The lowest BCUT2D eigenvalue weighted by molar-refractivity contribution is -0.141. The molecule has 1 amide bonds. The summed E-state index contributed by atoms with van der Waals surface area (Å²) in [6.07, 6.45) is 3.87. The van der Waals surface area contributed by atoms with Gasteiger partial charge in [0.15, 0.2) is 0 Å². The Hall–Kier alpha value is -2.31. The van der Waals surface area contributed by atoms with Crippen LogP contribution in [0.2, 0.25) is 0 Å². The van der Waals surface area contributed by atoms with Crippen LogP contribution in [0.1, 0.15) is 44.6 Å². The second-order valence-corrected chi connectivity index (χ2v) is 11.3. The van der Waals surface area contributed by atoms with Gasteiger partial charge in [-0.1, -0.05) is 36.4 Å². The van der Waals surface area contributed by atoms with Crippen molar-refractivity contribution in [1.29, 1.82) is 0 Å². The highest BCUT2D eigenvalue weighted by molar-refractivity contribution is 5.92. The third kappa shape index (κ3) is 2.54. The quantitative estimate of drug-likeness (QED) is 0.617. The van der Waals surface area contributed by atoms with E-state index in [0.29, 0.717) is 31.2 Å². The van der Waals surface area contributed by atoms with Crippen LogP contribution in [0.4, 0.5) is 4.39 Å². The summed E-state index contributed by atoms with van der Waals surface area (Å²) < 4.78 is 14.2. The summed E-state index contributed by atoms with van der Waals surface area (Å²) in [4.78, 5) is 27.1. The Morgan fingerprint density at radius 1 is 1.33 bits per heavy atom. The fourth-order valence-corrected chi connectivity index (χ4v) is 8.32. The van der Waals surface area contributed by atoms with Crippen molar-refractivity contribution < 1.29 is 24.2 Å². The summed E-state index contributed by atoms with van der Waals surface area (Å²) in [5, 5.41) is 25.4. The molecular formula is C27H30FNO4. The maximum Gasteiger partial charge on any atom is 0.224 e. The minimum Gasteiger partial charge on any atom is -0.391 e. The van der Waals surface area contributed by atoms with Crippen molar-refractivity contribution in [2.45, 2.75) is 57.3 Å². The molecule has 6 heteroatoms. The van der Waals surface area contributed by atoms with E-state index in [4.69, 9.17) is 0 Å². The first-order valence-corrected chi connectivity index (χ1v) is 12.0. The molecule has 33 heavy (non-hydrogen) atoms. The molecule has 0 saturated heterocycles. The van der Waals surface area contributed by atoms with Gasteiger partial charge in [-0.2, -0.15) is 0 Å². The molecule has 0 radical (unpaired) electrons. The molecule has 1 aromatic rings. The zero-order valence-corrected chi connectivity index (χ0v) is 18.8. The van der Waals surface area contributed by atoms with Gasteiger partial charge in [0.25, 0.3) is 0 Å². The molecule has 5 nitrogen and oxygen atoms in total. The fourth-order valence-electron chi connectivity index (χ4n) is 8.32. The van der Waals surface area contributed by atoms with E-state index in [2.05, 4.69) is 18.0 Å². The van der Waals surface area contributed by atoms with Crippen LogP contribution in [0.15, 0.2) is 48.1 Å². The summed E-state index contributed by atoms with van der Waals surface area (Å²) in [6.45, 7) is 6.04. The number of aliphatic hydroxyl groups excluding tert-OH is 1. The number of benzene rings is 1. The lowest BCUT2D eigenvalue weighted by atomic mass is 9.60. The summed E-state index contributed by atoms with van der Waals surface area (Å²) in [5.41, 5.74) is -0.274. The largest absolute Gasteiger partial charge is 0.391 e. The Kier molecular flexibility index (Phi) is 4.27. The molecular weight excluding hydrogens is 421 g/mol. The molecule has 4 fully saturated rings. The highest BCUT2D eigenvalue weighted by Gasteiger charge is 2.74. The maximum absolute atomic E-state index is 14.2. The molecule has 0 heterocycles.